The largest absolute Gasteiger partial charge is 0.783 e. The number of hydroxylamine groups is 2. The topological polar surface area (TPSA) is 55.8 Å². The lowest BCUT2D eigenvalue weighted by Crippen LogP contribution is -2.54. The van der Waals surface area contributed by atoms with Gasteiger partial charge >= 0.3 is 0 Å². The third-order valence-corrected chi connectivity index (χ3v) is 2.64. The van der Waals surface area contributed by atoms with Gasteiger partial charge in [0.15, 0.2) is 0 Å². The second kappa shape index (κ2) is 6.35. The van der Waals surface area contributed by atoms with Crippen LogP contribution in [0.3, 0.4) is 0 Å². The number of ether oxygens (including phenoxy) is 1. The van der Waals surface area contributed by atoms with E-state index < -0.39 is 0 Å². The Bertz CT molecular complexity index is 152. The van der Waals surface area contributed by atoms with E-state index in [1.54, 1.807) is 0 Å². The van der Waals surface area contributed by atoms with Crippen LogP contribution in [0.5, 0.6) is 0 Å². The highest BCUT2D eigenvalue weighted by Gasteiger charge is 2.32. The summed E-state index contributed by atoms with van der Waals surface area (Å²) >= 11 is 0. The molecule has 0 spiro atoms. The average molecular weight is 202 g/mol. The quantitative estimate of drug-likeness (QED) is 0.633. The Hall–Kier alpha value is -0.160. The van der Waals surface area contributed by atoms with Crippen molar-refractivity contribution < 1.29 is 9.84 Å². The molecular formula is C10H20NO3-. The maximum absolute atomic E-state index is 11.1. The number of aliphatic hydroxyl groups excluding tert-OH is 1. The van der Waals surface area contributed by atoms with Crippen LogP contribution in [0.2, 0.25) is 0 Å². The van der Waals surface area contributed by atoms with Crippen molar-refractivity contribution in [3.05, 3.63) is 5.21 Å². The molecule has 1 rings (SSSR count). The summed E-state index contributed by atoms with van der Waals surface area (Å²) in [5, 5.41) is 20.8. The van der Waals surface area contributed by atoms with Gasteiger partial charge in [0.25, 0.3) is 0 Å². The summed E-state index contributed by atoms with van der Waals surface area (Å²) in [5.74, 6) is 0.235. The molecule has 4 nitrogen and oxygen atoms in total. The molecule has 0 aromatic carbocycles. The van der Waals surface area contributed by atoms with Gasteiger partial charge in [0.2, 0.25) is 0 Å². The van der Waals surface area contributed by atoms with Crippen LogP contribution in [0.1, 0.15) is 32.6 Å². The predicted octanol–water partition coefficient (Wildman–Crippen LogP) is 1.33. The van der Waals surface area contributed by atoms with Crippen molar-refractivity contribution >= 4 is 0 Å². The Kier molecular flexibility index (Phi) is 5.40. The third kappa shape index (κ3) is 3.20. The van der Waals surface area contributed by atoms with E-state index in [0.29, 0.717) is 19.6 Å². The van der Waals surface area contributed by atoms with Crippen molar-refractivity contribution in [2.45, 2.75) is 38.8 Å². The second-order valence-electron chi connectivity index (χ2n) is 3.84. The monoisotopic (exact) mass is 202 g/mol. The van der Waals surface area contributed by atoms with Crippen molar-refractivity contribution in [3.8, 4) is 0 Å². The summed E-state index contributed by atoms with van der Waals surface area (Å²) < 4.78 is 5.46. The van der Waals surface area contributed by atoms with E-state index >= 15 is 0 Å². The number of rotatable bonds is 7. The fourth-order valence-electron chi connectivity index (χ4n) is 1.70. The minimum absolute atomic E-state index is 0.146. The maximum atomic E-state index is 11.1. The molecule has 0 aromatic rings. The Morgan fingerprint density at radius 2 is 2.29 bits per heavy atom. The molecule has 1 saturated heterocycles. The normalized spacial score (nSPS) is 27.6. The van der Waals surface area contributed by atoms with Crippen LogP contribution in [-0.2, 0) is 4.74 Å². The van der Waals surface area contributed by atoms with E-state index in [0.717, 1.165) is 24.3 Å². The minimum atomic E-state index is -0.293. The second-order valence-corrected chi connectivity index (χ2v) is 3.84. The minimum Gasteiger partial charge on any atom is -0.783 e. The van der Waals surface area contributed by atoms with E-state index in [4.69, 9.17) is 9.84 Å². The van der Waals surface area contributed by atoms with E-state index in [9.17, 15) is 5.21 Å². The van der Waals surface area contributed by atoms with Gasteiger partial charge < -0.3 is 20.1 Å². The van der Waals surface area contributed by atoms with Crippen LogP contribution in [0, 0.1) is 11.1 Å². The molecule has 2 unspecified atom stereocenters. The van der Waals surface area contributed by atoms with Gasteiger partial charge in [-0.05, 0) is 19.4 Å². The molecular weight excluding hydrogens is 182 g/mol. The van der Waals surface area contributed by atoms with E-state index in [-0.39, 0.29) is 18.8 Å². The zero-order valence-corrected chi connectivity index (χ0v) is 8.82. The van der Waals surface area contributed by atoms with Crippen LogP contribution in [0.25, 0.3) is 0 Å². The van der Waals surface area contributed by atoms with Crippen molar-refractivity contribution in [1.82, 2.24) is 5.06 Å². The Balaban J connectivity index is 2.08. The molecule has 0 bridgehead atoms. The van der Waals surface area contributed by atoms with Crippen molar-refractivity contribution in [2.75, 3.05) is 19.8 Å². The Morgan fingerprint density at radius 3 is 2.86 bits per heavy atom. The molecule has 4 heteroatoms. The van der Waals surface area contributed by atoms with Gasteiger partial charge in [-0.15, -0.1) is 0 Å². The van der Waals surface area contributed by atoms with Crippen molar-refractivity contribution in [3.63, 3.8) is 0 Å². The number of nitrogens with zero attached hydrogens (tertiary/aromatic N) is 1. The summed E-state index contributed by atoms with van der Waals surface area (Å²) in [5.41, 5.74) is 0. The summed E-state index contributed by atoms with van der Waals surface area (Å²) in [7, 11) is 0. The standard InChI is InChI=1S/C10H20NO3/c1-2-3-4-7-14-10-9(5-6-12)8-11(10)13/h9-10,12H,2-8H2,1H3/q-1. The molecule has 0 aliphatic carbocycles. The van der Waals surface area contributed by atoms with Crippen LogP contribution in [0.15, 0.2) is 0 Å². The highest BCUT2D eigenvalue weighted by atomic mass is 16.6. The molecule has 0 aromatic heterocycles. The van der Waals surface area contributed by atoms with Gasteiger partial charge in [0, 0.05) is 19.1 Å². The van der Waals surface area contributed by atoms with Gasteiger partial charge in [-0.1, -0.05) is 19.8 Å². The molecule has 1 fully saturated rings. The van der Waals surface area contributed by atoms with Gasteiger partial charge in [0.1, 0.15) is 6.23 Å². The number of hydrogen-bond donors (Lipinski definition) is 1. The molecule has 0 amide bonds. The van der Waals surface area contributed by atoms with Crippen LogP contribution < -0.4 is 0 Å². The lowest BCUT2D eigenvalue weighted by Gasteiger charge is -2.52. The molecule has 0 radical (unpaired) electrons. The summed E-state index contributed by atoms with van der Waals surface area (Å²) in [6, 6.07) is 0. The molecule has 1 heterocycles. The molecule has 2 atom stereocenters. The van der Waals surface area contributed by atoms with Crippen LogP contribution >= 0.6 is 0 Å². The van der Waals surface area contributed by atoms with E-state index in [1.165, 1.54) is 0 Å². The molecule has 84 valence electrons. The smallest absolute Gasteiger partial charge is 0.103 e. The van der Waals surface area contributed by atoms with E-state index in [2.05, 4.69) is 6.92 Å². The molecule has 14 heavy (non-hydrogen) atoms. The van der Waals surface area contributed by atoms with Gasteiger partial charge in [-0.25, -0.2) is 0 Å². The zero-order valence-electron chi connectivity index (χ0n) is 8.82. The van der Waals surface area contributed by atoms with Gasteiger partial charge in [0.05, 0.1) is 0 Å². The Morgan fingerprint density at radius 1 is 1.50 bits per heavy atom. The average Bonchev–Trinajstić information content (AvgIpc) is 2.17. The zero-order chi connectivity index (χ0) is 10.4. The Labute approximate surface area is 85.4 Å². The van der Waals surface area contributed by atoms with Crippen molar-refractivity contribution in [2.24, 2.45) is 5.92 Å². The van der Waals surface area contributed by atoms with Gasteiger partial charge in [-0.3, -0.25) is 0 Å². The van der Waals surface area contributed by atoms with Crippen LogP contribution in [-0.4, -0.2) is 36.2 Å². The SMILES string of the molecule is CCCCCOC1C(CCO)CN1[O-]. The maximum Gasteiger partial charge on any atom is 0.103 e. The summed E-state index contributed by atoms with van der Waals surface area (Å²) in [4.78, 5) is 0. The molecule has 1 N–H and O–H groups in total. The highest BCUT2D eigenvalue weighted by molar-refractivity contribution is 4.85. The summed E-state index contributed by atoms with van der Waals surface area (Å²) in [6.07, 6.45) is 3.72. The molecule has 0 saturated carbocycles. The molecule has 1 aliphatic heterocycles. The van der Waals surface area contributed by atoms with E-state index in [1.807, 2.05) is 0 Å². The molecule has 1 aliphatic rings. The first-order chi connectivity index (χ1) is 6.79. The fourth-order valence-corrected chi connectivity index (χ4v) is 1.70. The number of aliphatic hydroxyl groups is 1. The number of unbranched alkanes of at least 4 members (excludes halogenated alkanes) is 2. The highest BCUT2D eigenvalue weighted by Crippen LogP contribution is 2.27. The van der Waals surface area contributed by atoms with Crippen molar-refractivity contribution in [1.29, 1.82) is 0 Å². The first-order valence-electron chi connectivity index (χ1n) is 5.45. The first kappa shape index (κ1) is 11.9. The first-order valence-corrected chi connectivity index (χ1v) is 5.45. The predicted molar refractivity (Wildman–Crippen MR) is 54.5 cm³/mol. The summed E-state index contributed by atoms with van der Waals surface area (Å²) in [6.45, 7) is 3.46. The lowest BCUT2D eigenvalue weighted by molar-refractivity contribution is -0.149. The fraction of sp³-hybridized carbons (Fsp3) is 1.00. The number of hydrogen-bond acceptors (Lipinski definition) is 4. The van der Waals surface area contributed by atoms with Crippen LogP contribution in [0.4, 0.5) is 0 Å². The third-order valence-electron chi connectivity index (χ3n) is 2.64. The van der Waals surface area contributed by atoms with Gasteiger partial charge in [-0.2, -0.15) is 0 Å². The lowest BCUT2D eigenvalue weighted by atomic mass is 9.96.